The van der Waals surface area contributed by atoms with Gasteiger partial charge < -0.3 is 14.6 Å². The summed E-state index contributed by atoms with van der Waals surface area (Å²) in [6.07, 6.45) is 0. The van der Waals surface area contributed by atoms with Crippen molar-refractivity contribution in [3.8, 4) is 16.5 Å². The van der Waals surface area contributed by atoms with Crippen molar-refractivity contribution in [3.05, 3.63) is 88.2 Å². The zero-order valence-corrected chi connectivity index (χ0v) is 20.1. The Morgan fingerprint density at radius 2 is 2.00 bits per heavy atom. The molecule has 34 heavy (non-hydrogen) atoms. The molecule has 0 radical (unpaired) electrons. The molecule has 1 atom stereocenters. The lowest BCUT2D eigenvalue weighted by molar-refractivity contribution is 0.244. The number of amides is 2. The predicted octanol–water partition coefficient (Wildman–Crippen LogP) is 6.55. The van der Waals surface area contributed by atoms with Crippen molar-refractivity contribution in [1.82, 2.24) is 15.5 Å². The molecule has 1 aliphatic heterocycles. The first kappa shape index (κ1) is 22.2. The maximum absolute atomic E-state index is 13.3. The summed E-state index contributed by atoms with van der Waals surface area (Å²) in [4.78, 5) is 20.4. The number of ether oxygens (including phenoxy) is 1. The number of carbonyl (C=O) groups is 1. The molecule has 172 valence electrons. The number of allylic oxidation sites excluding steroid dienone is 1. The molecule has 5 rings (SSSR count). The normalized spacial score (nSPS) is 16.0. The summed E-state index contributed by atoms with van der Waals surface area (Å²) in [5.74, 6) is 1.60. The van der Waals surface area contributed by atoms with Crippen molar-refractivity contribution in [2.45, 2.75) is 19.9 Å². The molecule has 1 aliphatic rings. The van der Waals surface area contributed by atoms with E-state index in [1.54, 1.807) is 23.1 Å². The lowest BCUT2D eigenvalue weighted by atomic mass is 9.94. The minimum absolute atomic E-state index is 0.277. The molecule has 0 fully saturated rings. The SMILES string of the molecule is CCOc1ccc(C2NC(=O)N(c3cccc(Cl)c3)C(C)=C2c2nc(-c3cccs3)no2)cc1. The number of aromatic nitrogens is 2. The second kappa shape index (κ2) is 9.32. The van der Waals surface area contributed by atoms with Crippen molar-refractivity contribution in [2.75, 3.05) is 11.5 Å². The minimum atomic E-state index is -0.491. The van der Waals surface area contributed by atoms with Crippen LogP contribution in [0.5, 0.6) is 5.75 Å². The molecular formula is C25H21ClN4O3S. The number of nitrogens with zero attached hydrogens (tertiary/aromatic N) is 3. The van der Waals surface area contributed by atoms with E-state index < -0.39 is 6.04 Å². The van der Waals surface area contributed by atoms with Gasteiger partial charge in [0.25, 0.3) is 5.89 Å². The van der Waals surface area contributed by atoms with Crippen LogP contribution in [0.25, 0.3) is 16.3 Å². The van der Waals surface area contributed by atoms with Crippen molar-refractivity contribution in [2.24, 2.45) is 0 Å². The van der Waals surface area contributed by atoms with Crippen LogP contribution in [0.15, 0.2) is 76.3 Å². The van der Waals surface area contributed by atoms with Gasteiger partial charge in [0.15, 0.2) is 0 Å². The van der Waals surface area contributed by atoms with Crippen LogP contribution in [0.3, 0.4) is 0 Å². The standard InChI is InChI=1S/C25H21ClN4O3S/c1-3-32-19-11-9-16(10-12-19)22-21(24-28-23(29-33-24)20-8-5-13-34-20)15(2)30(25(31)27-22)18-7-4-6-17(26)14-18/h4-14,22H,3H2,1-2H3,(H,27,31). The molecule has 7 nitrogen and oxygen atoms in total. The molecule has 0 aliphatic carbocycles. The van der Waals surface area contributed by atoms with Crippen LogP contribution in [-0.2, 0) is 0 Å². The van der Waals surface area contributed by atoms with Gasteiger partial charge in [0.05, 0.1) is 28.8 Å². The number of thiophene rings is 1. The largest absolute Gasteiger partial charge is 0.494 e. The number of nitrogens with one attached hydrogen (secondary N) is 1. The average molecular weight is 493 g/mol. The highest BCUT2D eigenvalue weighted by atomic mass is 35.5. The Labute approximate surface area is 205 Å². The monoisotopic (exact) mass is 492 g/mol. The van der Waals surface area contributed by atoms with Crippen LogP contribution in [0.4, 0.5) is 10.5 Å². The number of hydrogen-bond donors (Lipinski definition) is 1. The van der Waals surface area contributed by atoms with Gasteiger partial charge in [-0.05, 0) is 61.2 Å². The molecule has 2 aromatic carbocycles. The van der Waals surface area contributed by atoms with E-state index in [1.807, 2.05) is 61.7 Å². The van der Waals surface area contributed by atoms with E-state index >= 15 is 0 Å². The van der Waals surface area contributed by atoms with Gasteiger partial charge in [-0.25, -0.2) is 4.79 Å². The van der Waals surface area contributed by atoms with Gasteiger partial charge in [-0.3, -0.25) is 4.90 Å². The van der Waals surface area contributed by atoms with Crippen molar-refractivity contribution in [3.63, 3.8) is 0 Å². The highest BCUT2D eigenvalue weighted by Gasteiger charge is 2.36. The zero-order valence-electron chi connectivity index (χ0n) is 18.5. The lowest BCUT2D eigenvalue weighted by Gasteiger charge is -2.35. The summed E-state index contributed by atoms with van der Waals surface area (Å²) >= 11 is 7.74. The van der Waals surface area contributed by atoms with Gasteiger partial charge in [-0.15, -0.1) is 11.3 Å². The van der Waals surface area contributed by atoms with Crippen LogP contribution in [0.1, 0.15) is 31.3 Å². The third kappa shape index (κ3) is 4.18. The van der Waals surface area contributed by atoms with Crippen LogP contribution >= 0.6 is 22.9 Å². The number of anilines is 1. The van der Waals surface area contributed by atoms with Crippen LogP contribution in [0.2, 0.25) is 5.02 Å². The van der Waals surface area contributed by atoms with Crippen molar-refractivity contribution in [1.29, 1.82) is 0 Å². The van der Waals surface area contributed by atoms with Gasteiger partial charge in [0.1, 0.15) is 5.75 Å². The summed E-state index contributed by atoms with van der Waals surface area (Å²) in [5, 5.41) is 9.77. The Balaban J connectivity index is 1.63. The van der Waals surface area contributed by atoms with E-state index in [0.29, 0.717) is 40.3 Å². The number of rotatable bonds is 6. The second-order valence-electron chi connectivity index (χ2n) is 7.60. The minimum Gasteiger partial charge on any atom is -0.494 e. The van der Waals surface area contributed by atoms with E-state index in [2.05, 4.69) is 15.5 Å². The Hall–Kier alpha value is -3.62. The van der Waals surface area contributed by atoms with Crippen LogP contribution < -0.4 is 15.0 Å². The Morgan fingerprint density at radius 3 is 2.71 bits per heavy atom. The maximum Gasteiger partial charge on any atom is 0.326 e. The molecule has 4 aromatic rings. The Kier molecular flexibility index (Phi) is 6.08. The highest BCUT2D eigenvalue weighted by molar-refractivity contribution is 7.13. The smallest absolute Gasteiger partial charge is 0.326 e. The van der Waals surface area contributed by atoms with Gasteiger partial charge in [0, 0.05) is 10.7 Å². The third-order valence-corrected chi connectivity index (χ3v) is 6.57. The van der Waals surface area contributed by atoms with Crippen LogP contribution in [-0.4, -0.2) is 22.8 Å². The quantitative estimate of drug-likeness (QED) is 0.330. The molecule has 1 unspecified atom stereocenters. The fourth-order valence-electron chi connectivity index (χ4n) is 3.96. The van der Waals surface area contributed by atoms with Crippen molar-refractivity contribution < 1.29 is 14.1 Å². The molecule has 1 N–H and O–H groups in total. The molecule has 0 bridgehead atoms. The Bertz CT molecular complexity index is 1350. The Morgan fingerprint density at radius 1 is 1.18 bits per heavy atom. The predicted molar refractivity (Wildman–Crippen MR) is 133 cm³/mol. The molecule has 0 saturated heterocycles. The van der Waals surface area contributed by atoms with Crippen molar-refractivity contribution >= 4 is 40.2 Å². The first-order chi connectivity index (χ1) is 16.5. The number of carbonyl (C=O) groups excluding carboxylic acids is 1. The molecule has 0 spiro atoms. The van der Waals surface area contributed by atoms with Gasteiger partial charge >= 0.3 is 6.03 Å². The summed E-state index contributed by atoms with van der Waals surface area (Å²) in [6, 6.07) is 17.9. The number of halogens is 1. The fourth-order valence-corrected chi connectivity index (χ4v) is 4.79. The van der Waals surface area contributed by atoms with E-state index in [-0.39, 0.29) is 6.03 Å². The van der Waals surface area contributed by atoms with Gasteiger partial charge in [0.2, 0.25) is 5.82 Å². The molecule has 9 heteroatoms. The van der Waals surface area contributed by atoms with E-state index in [4.69, 9.17) is 20.9 Å². The first-order valence-electron chi connectivity index (χ1n) is 10.7. The summed E-state index contributed by atoms with van der Waals surface area (Å²) in [5.41, 5.74) is 2.89. The van der Waals surface area contributed by atoms with Gasteiger partial charge in [-0.2, -0.15) is 4.98 Å². The summed E-state index contributed by atoms with van der Waals surface area (Å²) < 4.78 is 11.3. The molecule has 3 heterocycles. The van der Waals surface area contributed by atoms with E-state index in [1.165, 1.54) is 11.3 Å². The lowest BCUT2D eigenvalue weighted by Crippen LogP contribution is -2.46. The van der Waals surface area contributed by atoms with E-state index in [0.717, 1.165) is 16.2 Å². The molecule has 0 saturated carbocycles. The topological polar surface area (TPSA) is 80.5 Å². The second-order valence-corrected chi connectivity index (χ2v) is 8.98. The summed E-state index contributed by atoms with van der Waals surface area (Å²) in [6.45, 7) is 4.38. The fraction of sp³-hybridized carbons (Fsp3) is 0.160. The average Bonchev–Trinajstić information content (AvgIpc) is 3.52. The first-order valence-corrected chi connectivity index (χ1v) is 12.0. The highest BCUT2D eigenvalue weighted by Crippen LogP contribution is 2.40. The molecule has 2 aromatic heterocycles. The number of hydrogen-bond acceptors (Lipinski definition) is 6. The van der Waals surface area contributed by atoms with E-state index in [9.17, 15) is 4.79 Å². The number of urea groups is 1. The third-order valence-electron chi connectivity index (χ3n) is 5.47. The number of benzene rings is 2. The summed E-state index contributed by atoms with van der Waals surface area (Å²) in [7, 11) is 0. The van der Waals surface area contributed by atoms with Crippen LogP contribution in [0, 0.1) is 0 Å². The maximum atomic E-state index is 13.3. The molecule has 2 amide bonds. The molecular weight excluding hydrogens is 472 g/mol. The zero-order chi connectivity index (χ0) is 23.7. The van der Waals surface area contributed by atoms with Gasteiger partial charge in [-0.1, -0.05) is 41.0 Å².